The molecule has 0 unspecified atom stereocenters. The van der Waals surface area contributed by atoms with E-state index < -0.39 is 35.3 Å². The molecule has 0 radical (unpaired) electrons. The standard InChI is InChI=1S/C18H20F3N5O3/c1-10(24-9-14(23-2)28-3)15(27)25-11-4-5-13(19)12(8-11)18(16(20)21)6-7-29-17(22)26-18/h4-5,8-9,16H,2,6-7H2,1,3H3,(H2,22,26)(H,25,27)/b14-9+,24-10+/t18-/m0/s1. The van der Waals surface area contributed by atoms with Crippen LogP contribution in [0.2, 0.25) is 0 Å². The SMILES string of the molecule is C=N/C(=C\N=C(/C)C(=O)Nc1ccc(F)c([C@]2(C(F)F)CCOC(N)=N2)c1)OC. The number of aliphatic imine (C=N–C) groups is 3. The topological polar surface area (TPSA) is 111 Å². The van der Waals surface area contributed by atoms with Gasteiger partial charge in [-0.05, 0) is 31.8 Å². The summed E-state index contributed by atoms with van der Waals surface area (Å²) in [4.78, 5) is 23.4. The lowest BCUT2D eigenvalue weighted by atomic mass is 9.86. The highest BCUT2D eigenvalue weighted by atomic mass is 19.3. The zero-order chi connectivity index (χ0) is 21.6. The molecule has 3 N–H and O–H groups in total. The summed E-state index contributed by atoms with van der Waals surface area (Å²) in [6, 6.07) is 2.84. The van der Waals surface area contributed by atoms with Crippen LogP contribution in [0.4, 0.5) is 18.9 Å². The number of hydrogen-bond acceptors (Lipinski definition) is 7. The van der Waals surface area contributed by atoms with Gasteiger partial charge in [-0.3, -0.25) is 9.79 Å². The minimum atomic E-state index is -3.04. The number of amides is 1. The Balaban J connectivity index is 2.35. The minimum Gasteiger partial charge on any atom is -0.480 e. The van der Waals surface area contributed by atoms with E-state index in [4.69, 9.17) is 15.2 Å². The van der Waals surface area contributed by atoms with Gasteiger partial charge in [0.25, 0.3) is 18.4 Å². The minimum absolute atomic E-state index is 0.0194. The number of anilines is 1. The van der Waals surface area contributed by atoms with Crippen LogP contribution in [0, 0.1) is 5.82 Å². The molecular formula is C18H20F3N5O3. The van der Waals surface area contributed by atoms with Gasteiger partial charge in [-0.15, -0.1) is 0 Å². The van der Waals surface area contributed by atoms with Crippen LogP contribution in [-0.2, 0) is 19.8 Å². The number of halogens is 3. The molecule has 1 aliphatic rings. The van der Waals surface area contributed by atoms with Crippen molar-refractivity contribution < 1.29 is 27.4 Å². The Labute approximate surface area is 165 Å². The summed E-state index contributed by atoms with van der Waals surface area (Å²) in [6.07, 6.45) is -2.14. The molecule has 0 bridgehead atoms. The van der Waals surface area contributed by atoms with Gasteiger partial charge in [0, 0.05) is 17.7 Å². The number of rotatable bonds is 7. The molecule has 156 valence electrons. The number of methoxy groups -OCH3 is 1. The molecule has 0 aliphatic carbocycles. The number of carbonyl (C=O) groups is 1. The van der Waals surface area contributed by atoms with Crippen molar-refractivity contribution in [1.29, 1.82) is 0 Å². The normalized spacial score (nSPS) is 20.0. The molecule has 0 saturated carbocycles. The van der Waals surface area contributed by atoms with Gasteiger partial charge in [-0.2, -0.15) is 0 Å². The Morgan fingerprint density at radius 1 is 1.52 bits per heavy atom. The van der Waals surface area contributed by atoms with Crippen molar-refractivity contribution in [2.24, 2.45) is 20.7 Å². The lowest BCUT2D eigenvalue weighted by Crippen LogP contribution is -2.41. The van der Waals surface area contributed by atoms with Crippen molar-refractivity contribution in [3.05, 3.63) is 41.7 Å². The Morgan fingerprint density at radius 3 is 2.83 bits per heavy atom. The maximum Gasteiger partial charge on any atom is 0.283 e. The van der Waals surface area contributed by atoms with E-state index in [-0.39, 0.29) is 30.3 Å². The first kappa shape index (κ1) is 21.9. The summed E-state index contributed by atoms with van der Waals surface area (Å²) < 4.78 is 51.9. The second kappa shape index (κ2) is 9.22. The van der Waals surface area contributed by atoms with E-state index in [1.165, 1.54) is 26.3 Å². The molecule has 0 aromatic heterocycles. The number of ether oxygens (including phenoxy) is 2. The van der Waals surface area contributed by atoms with Gasteiger partial charge < -0.3 is 20.5 Å². The van der Waals surface area contributed by atoms with Gasteiger partial charge >= 0.3 is 0 Å². The molecule has 1 aromatic rings. The van der Waals surface area contributed by atoms with Crippen molar-refractivity contribution in [3.8, 4) is 0 Å². The molecule has 1 atom stereocenters. The first-order valence-corrected chi connectivity index (χ1v) is 8.36. The lowest BCUT2D eigenvalue weighted by Gasteiger charge is -2.33. The molecule has 11 heteroatoms. The smallest absolute Gasteiger partial charge is 0.283 e. The lowest BCUT2D eigenvalue weighted by molar-refractivity contribution is -0.110. The van der Waals surface area contributed by atoms with Crippen LogP contribution in [0.15, 0.2) is 45.3 Å². The Morgan fingerprint density at radius 2 is 2.24 bits per heavy atom. The Bertz CT molecular complexity index is 885. The summed E-state index contributed by atoms with van der Waals surface area (Å²) in [7, 11) is 1.36. The highest BCUT2D eigenvalue weighted by Crippen LogP contribution is 2.40. The molecular weight excluding hydrogens is 391 g/mol. The van der Waals surface area contributed by atoms with Crippen molar-refractivity contribution in [1.82, 2.24) is 0 Å². The number of hydrogen-bond donors (Lipinski definition) is 2. The zero-order valence-electron chi connectivity index (χ0n) is 15.8. The summed E-state index contributed by atoms with van der Waals surface area (Å²) >= 11 is 0. The predicted octanol–water partition coefficient (Wildman–Crippen LogP) is 2.57. The highest BCUT2D eigenvalue weighted by Gasteiger charge is 2.46. The zero-order valence-corrected chi connectivity index (χ0v) is 15.8. The molecule has 29 heavy (non-hydrogen) atoms. The maximum atomic E-state index is 14.4. The fourth-order valence-corrected chi connectivity index (χ4v) is 2.59. The second-order valence-electron chi connectivity index (χ2n) is 5.97. The molecule has 1 aliphatic heterocycles. The third-order valence-corrected chi connectivity index (χ3v) is 4.16. The van der Waals surface area contributed by atoms with Gasteiger partial charge in [-0.1, -0.05) is 0 Å². The van der Waals surface area contributed by atoms with Gasteiger partial charge in [0.05, 0.1) is 19.9 Å². The third-order valence-electron chi connectivity index (χ3n) is 4.16. The van der Waals surface area contributed by atoms with E-state index in [1.807, 2.05) is 0 Å². The number of alkyl halides is 2. The van der Waals surface area contributed by atoms with Crippen LogP contribution in [0.1, 0.15) is 18.9 Å². The molecule has 2 rings (SSSR count). The second-order valence-corrected chi connectivity index (χ2v) is 5.97. The van der Waals surface area contributed by atoms with E-state index in [1.54, 1.807) is 0 Å². The number of benzene rings is 1. The number of amidine groups is 1. The molecule has 0 spiro atoms. The number of nitrogens with zero attached hydrogens (tertiary/aromatic N) is 3. The van der Waals surface area contributed by atoms with E-state index >= 15 is 0 Å². The molecule has 1 aromatic carbocycles. The van der Waals surface area contributed by atoms with Crippen molar-refractivity contribution in [2.75, 3.05) is 19.0 Å². The first-order valence-electron chi connectivity index (χ1n) is 8.36. The highest BCUT2D eigenvalue weighted by molar-refractivity contribution is 6.42. The summed E-state index contributed by atoms with van der Waals surface area (Å²) in [5.41, 5.74) is 2.93. The monoisotopic (exact) mass is 411 g/mol. The van der Waals surface area contributed by atoms with Gasteiger partial charge in [0.1, 0.15) is 11.5 Å². The quantitative estimate of drug-likeness (QED) is 0.531. The van der Waals surface area contributed by atoms with Crippen LogP contribution in [0.3, 0.4) is 0 Å². The van der Waals surface area contributed by atoms with Gasteiger partial charge in [-0.25, -0.2) is 23.2 Å². The van der Waals surface area contributed by atoms with Crippen molar-refractivity contribution in [2.45, 2.75) is 25.3 Å². The fraction of sp³-hybridized carbons (Fsp3) is 0.333. The van der Waals surface area contributed by atoms with Crippen molar-refractivity contribution >= 4 is 30.0 Å². The summed E-state index contributed by atoms with van der Waals surface area (Å²) in [5, 5.41) is 2.47. The van der Waals surface area contributed by atoms with E-state index in [2.05, 4.69) is 27.0 Å². The predicted molar refractivity (Wildman–Crippen MR) is 103 cm³/mol. The van der Waals surface area contributed by atoms with E-state index in [0.717, 1.165) is 12.1 Å². The van der Waals surface area contributed by atoms with Crippen LogP contribution >= 0.6 is 0 Å². The first-order chi connectivity index (χ1) is 13.7. The van der Waals surface area contributed by atoms with Gasteiger partial charge in [0.2, 0.25) is 5.88 Å². The molecule has 0 saturated heterocycles. The van der Waals surface area contributed by atoms with E-state index in [0.29, 0.717) is 0 Å². The molecule has 1 heterocycles. The average molecular weight is 411 g/mol. The molecule has 0 fully saturated rings. The third kappa shape index (κ3) is 4.92. The maximum absolute atomic E-state index is 14.4. The van der Waals surface area contributed by atoms with Gasteiger partial charge in [0.15, 0.2) is 5.54 Å². The Hall–Kier alpha value is -3.37. The van der Waals surface area contributed by atoms with Crippen LogP contribution in [0.25, 0.3) is 0 Å². The number of nitrogens with two attached hydrogens (primary N) is 1. The molecule has 8 nitrogen and oxygen atoms in total. The Kier molecular flexibility index (Phi) is 6.97. The van der Waals surface area contributed by atoms with E-state index in [9.17, 15) is 18.0 Å². The van der Waals surface area contributed by atoms with Crippen LogP contribution in [0.5, 0.6) is 0 Å². The summed E-state index contributed by atoms with van der Waals surface area (Å²) in [5.74, 6) is -1.45. The van der Waals surface area contributed by atoms with Crippen LogP contribution < -0.4 is 11.1 Å². The number of carbonyl (C=O) groups excluding carboxylic acids is 1. The number of nitrogens with one attached hydrogen (secondary N) is 1. The molecule has 1 amide bonds. The fourth-order valence-electron chi connectivity index (χ4n) is 2.59. The average Bonchev–Trinajstić information content (AvgIpc) is 2.69. The van der Waals surface area contributed by atoms with Crippen LogP contribution in [-0.4, -0.2) is 44.5 Å². The largest absolute Gasteiger partial charge is 0.480 e. The summed E-state index contributed by atoms with van der Waals surface area (Å²) in [6.45, 7) is 4.54. The van der Waals surface area contributed by atoms with Crippen molar-refractivity contribution in [3.63, 3.8) is 0 Å².